The monoisotopic (exact) mass is 618 g/mol. The summed E-state index contributed by atoms with van der Waals surface area (Å²) < 4.78 is 13.1. The number of nitrogens with one attached hydrogen (secondary N) is 2. The number of nitrogens with zero attached hydrogens (tertiary/aromatic N) is 4. The molecule has 0 aliphatic carbocycles. The number of aliphatic imine (C=N–C) groups is 1. The molecule has 1 amide bonds. The molecule has 10 nitrogen and oxygen atoms in total. The fourth-order valence-electron chi connectivity index (χ4n) is 4.51. The maximum absolute atomic E-state index is 14.1. The van der Waals surface area contributed by atoms with E-state index in [4.69, 9.17) is 25.1 Å². The van der Waals surface area contributed by atoms with Crippen LogP contribution in [0.25, 0.3) is 10.4 Å². The van der Waals surface area contributed by atoms with Crippen molar-refractivity contribution in [1.82, 2.24) is 10.9 Å². The Morgan fingerprint density at radius 3 is 2.59 bits per heavy atom. The fourth-order valence-corrected chi connectivity index (χ4v) is 4.78. The van der Waals surface area contributed by atoms with Crippen LogP contribution in [0.1, 0.15) is 34.8 Å². The van der Waals surface area contributed by atoms with E-state index >= 15 is 0 Å². The highest BCUT2D eigenvalue weighted by atomic mass is 79.9. The minimum Gasteiger partial charge on any atom is -0.494 e. The van der Waals surface area contributed by atoms with Gasteiger partial charge in [0.1, 0.15) is 5.75 Å². The molecule has 4 rings (SSSR count). The molecule has 1 heterocycles. The van der Waals surface area contributed by atoms with Gasteiger partial charge in [-0.15, -0.1) is 6.58 Å². The van der Waals surface area contributed by atoms with Gasteiger partial charge in [0.25, 0.3) is 5.91 Å². The van der Waals surface area contributed by atoms with Crippen molar-refractivity contribution in [3.8, 4) is 5.75 Å². The van der Waals surface area contributed by atoms with Crippen molar-refractivity contribution >= 4 is 27.7 Å². The van der Waals surface area contributed by atoms with E-state index in [0.717, 1.165) is 21.2 Å². The van der Waals surface area contributed by atoms with Gasteiger partial charge in [0.2, 0.25) is 5.90 Å². The number of ether oxygens (including phenoxy) is 2. The zero-order valence-electron chi connectivity index (χ0n) is 22.4. The van der Waals surface area contributed by atoms with Crippen molar-refractivity contribution in [3.05, 3.63) is 123 Å². The van der Waals surface area contributed by atoms with Crippen LogP contribution in [-0.4, -0.2) is 42.2 Å². The molecule has 0 spiro atoms. The molecular weight excluding hydrogens is 588 g/mol. The Hall–Kier alpha value is -4.15. The molecule has 11 heteroatoms. The molecule has 0 saturated carbocycles. The van der Waals surface area contributed by atoms with Crippen LogP contribution in [0.5, 0.6) is 5.75 Å². The Bertz CT molecular complexity index is 1420. The highest BCUT2D eigenvalue weighted by Crippen LogP contribution is 2.43. The average molecular weight is 620 g/mol. The molecule has 0 fully saturated rings. The van der Waals surface area contributed by atoms with Gasteiger partial charge in [0.05, 0.1) is 13.2 Å². The standard InChI is InChI=1S/C30H31BrN6O4/c1-2-16-33-36-29(39)30(19-23-6-3-4-7-24(23)20-34-37-32)27(21-8-12-25(31)13-9-21)41-28(35-30)22-10-14-26(15-11-22)40-18-5-17-38/h2-4,6-15,27,33,38H,1,5,16-20H2,(H,36,39)/t27-,30-/m0/s1. The summed E-state index contributed by atoms with van der Waals surface area (Å²) in [6.07, 6.45) is 1.58. The zero-order chi connectivity index (χ0) is 29.1. The molecular formula is C30H31BrN6O4. The number of rotatable bonds is 14. The molecule has 0 unspecified atom stereocenters. The maximum atomic E-state index is 14.1. The number of halogens is 1. The topological polar surface area (TPSA) is 141 Å². The van der Waals surface area contributed by atoms with E-state index in [-0.39, 0.29) is 25.5 Å². The minimum atomic E-state index is -1.42. The van der Waals surface area contributed by atoms with Gasteiger partial charge in [-0.05, 0) is 58.6 Å². The van der Waals surface area contributed by atoms with Crippen LogP contribution in [0.3, 0.4) is 0 Å². The molecule has 0 aromatic heterocycles. The Morgan fingerprint density at radius 1 is 1.17 bits per heavy atom. The van der Waals surface area contributed by atoms with Gasteiger partial charge < -0.3 is 14.6 Å². The van der Waals surface area contributed by atoms with E-state index in [2.05, 4.69) is 43.4 Å². The number of hydrazine groups is 1. The molecule has 41 heavy (non-hydrogen) atoms. The molecule has 0 radical (unpaired) electrons. The van der Waals surface area contributed by atoms with Crippen molar-refractivity contribution in [3.63, 3.8) is 0 Å². The van der Waals surface area contributed by atoms with Gasteiger partial charge in [0.15, 0.2) is 11.6 Å². The Kier molecular flexibility index (Phi) is 10.5. The van der Waals surface area contributed by atoms with Crippen molar-refractivity contribution in [2.24, 2.45) is 10.1 Å². The quantitative estimate of drug-likeness (QED) is 0.0559. The first-order valence-corrected chi connectivity index (χ1v) is 13.9. The lowest BCUT2D eigenvalue weighted by molar-refractivity contribution is -0.129. The Morgan fingerprint density at radius 2 is 1.90 bits per heavy atom. The number of carbonyl (C=O) groups is 1. The molecule has 3 aromatic rings. The molecule has 1 aliphatic rings. The summed E-state index contributed by atoms with van der Waals surface area (Å²) in [6, 6.07) is 22.3. The first-order chi connectivity index (χ1) is 20.0. The summed E-state index contributed by atoms with van der Waals surface area (Å²) in [7, 11) is 0. The highest BCUT2D eigenvalue weighted by Gasteiger charge is 2.53. The smallest absolute Gasteiger partial charge is 0.266 e. The van der Waals surface area contributed by atoms with Crippen molar-refractivity contribution in [1.29, 1.82) is 0 Å². The van der Waals surface area contributed by atoms with Gasteiger partial charge in [-0.1, -0.05) is 63.5 Å². The second-order valence-electron chi connectivity index (χ2n) is 9.30. The molecule has 212 valence electrons. The fraction of sp³-hybridized carbons (Fsp3) is 0.267. The lowest BCUT2D eigenvalue weighted by Gasteiger charge is -2.31. The van der Waals surface area contributed by atoms with Crippen molar-refractivity contribution in [2.75, 3.05) is 19.8 Å². The van der Waals surface area contributed by atoms with Crippen LogP contribution < -0.4 is 15.6 Å². The summed E-state index contributed by atoms with van der Waals surface area (Å²) in [6.45, 7) is 4.64. The number of carbonyl (C=O) groups excluding carboxylic acids is 1. The van der Waals surface area contributed by atoms with E-state index in [9.17, 15) is 4.79 Å². The molecule has 3 aromatic carbocycles. The van der Waals surface area contributed by atoms with E-state index in [0.29, 0.717) is 36.8 Å². The summed E-state index contributed by atoms with van der Waals surface area (Å²) in [4.78, 5) is 22.0. The first-order valence-electron chi connectivity index (χ1n) is 13.1. The number of benzene rings is 3. The number of hydrogen-bond acceptors (Lipinski definition) is 7. The number of aliphatic hydroxyl groups is 1. The minimum absolute atomic E-state index is 0.0535. The summed E-state index contributed by atoms with van der Waals surface area (Å²) in [5, 5.41) is 12.8. The zero-order valence-corrected chi connectivity index (χ0v) is 24.0. The van der Waals surface area contributed by atoms with E-state index < -0.39 is 11.6 Å². The summed E-state index contributed by atoms with van der Waals surface area (Å²) >= 11 is 3.49. The normalized spacial score (nSPS) is 17.6. The van der Waals surface area contributed by atoms with Gasteiger partial charge in [-0.25, -0.2) is 10.4 Å². The van der Waals surface area contributed by atoms with Gasteiger partial charge >= 0.3 is 0 Å². The van der Waals surface area contributed by atoms with Gasteiger partial charge in [-0.2, -0.15) is 0 Å². The van der Waals surface area contributed by atoms with E-state index in [1.54, 1.807) is 18.2 Å². The van der Waals surface area contributed by atoms with Gasteiger partial charge in [0, 0.05) is 40.9 Å². The Labute approximate surface area is 246 Å². The largest absolute Gasteiger partial charge is 0.494 e. The van der Waals surface area contributed by atoms with Crippen LogP contribution in [0, 0.1) is 0 Å². The summed E-state index contributed by atoms with van der Waals surface area (Å²) in [5.41, 5.74) is 16.2. The van der Waals surface area contributed by atoms with Crippen LogP contribution in [0.4, 0.5) is 0 Å². The van der Waals surface area contributed by atoms with Crippen molar-refractivity contribution in [2.45, 2.75) is 31.0 Å². The van der Waals surface area contributed by atoms with Crippen molar-refractivity contribution < 1.29 is 19.4 Å². The first kappa shape index (κ1) is 29.8. The highest BCUT2D eigenvalue weighted by molar-refractivity contribution is 9.10. The third-order valence-corrected chi connectivity index (χ3v) is 7.06. The van der Waals surface area contributed by atoms with Gasteiger partial charge in [-0.3, -0.25) is 10.2 Å². The predicted molar refractivity (Wildman–Crippen MR) is 160 cm³/mol. The summed E-state index contributed by atoms with van der Waals surface area (Å²) in [5.74, 6) is 0.575. The second-order valence-corrected chi connectivity index (χ2v) is 10.2. The van der Waals surface area contributed by atoms with Crippen LogP contribution >= 0.6 is 15.9 Å². The van der Waals surface area contributed by atoms with E-state index in [1.165, 1.54) is 0 Å². The lowest BCUT2D eigenvalue weighted by Crippen LogP contribution is -2.54. The molecule has 2 atom stereocenters. The molecule has 0 saturated heterocycles. The van der Waals surface area contributed by atoms with Crippen LogP contribution in [-0.2, 0) is 22.5 Å². The van der Waals surface area contributed by atoms with Crippen LogP contribution in [0.15, 0.2) is 100 Å². The lowest BCUT2D eigenvalue weighted by atomic mass is 9.81. The second kappa shape index (κ2) is 14.5. The third kappa shape index (κ3) is 7.33. The Balaban J connectivity index is 1.80. The number of aliphatic hydroxyl groups excluding tert-OH is 1. The third-order valence-electron chi connectivity index (χ3n) is 6.53. The van der Waals surface area contributed by atoms with E-state index in [1.807, 2.05) is 60.7 Å². The molecule has 0 bridgehead atoms. The number of amides is 1. The number of azide groups is 1. The molecule has 3 N–H and O–H groups in total. The maximum Gasteiger partial charge on any atom is 0.266 e. The predicted octanol–water partition coefficient (Wildman–Crippen LogP) is 5.33. The molecule has 1 aliphatic heterocycles. The average Bonchev–Trinajstić information content (AvgIpc) is 3.38. The van der Waals surface area contributed by atoms with Crippen LogP contribution in [0.2, 0.25) is 0 Å². The number of hydrogen-bond donors (Lipinski definition) is 3. The SMILES string of the molecule is C=CCNNC(=O)[C@@]1(Cc2ccccc2CN=[N+]=[N-])N=C(c2ccc(OCCCO)cc2)O[C@H]1c1ccc(Br)cc1.